The Hall–Kier alpha value is -2.07. The smallest absolute Gasteiger partial charge is 0.254 e. The van der Waals surface area contributed by atoms with Crippen molar-refractivity contribution in [2.45, 2.75) is 6.54 Å². The molecule has 2 N–H and O–H groups in total. The minimum Gasteiger partial charge on any atom is -0.487 e. The summed E-state index contributed by atoms with van der Waals surface area (Å²) in [5, 5.41) is 0.677. The maximum atomic E-state index is 11.0. The summed E-state index contributed by atoms with van der Waals surface area (Å²) in [5.74, 6) is 0.323. The topological polar surface area (TPSA) is 56.2 Å². The monoisotopic (exact) mass is 277 g/mol. The number of halogens is 1. The van der Waals surface area contributed by atoms with Crippen molar-refractivity contribution in [3.05, 3.63) is 59.4 Å². The molecule has 0 fully saturated rings. The number of ether oxygens (including phenoxy) is 1. The van der Waals surface area contributed by atoms with Crippen molar-refractivity contribution in [2.24, 2.45) is 5.73 Å². The Balaban J connectivity index is 1.90. The molecule has 0 aliphatic carbocycles. The van der Waals surface area contributed by atoms with Gasteiger partial charge in [-0.05, 0) is 30.3 Å². The molecule has 5 heteroatoms. The van der Waals surface area contributed by atoms with Crippen LogP contribution in [-0.4, -0.2) is 12.5 Å². The van der Waals surface area contributed by atoms with Crippen LogP contribution in [-0.2, 0) is 6.54 Å². The maximum absolute atomic E-state index is 11.0. The first kappa shape index (κ1) is 13.4. The number of hydrogen-bond donors (Lipinski definition) is 1. The van der Waals surface area contributed by atoms with Crippen LogP contribution in [0.3, 0.4) is 0 Å². The number of nitrogens with zero attached hydrogens (tertiary/aromatic N) is 1. The van der Waals surface area contributed by atoms with Crippen molar-refractivity contribution >= 4 is 17.5 Å². The van der Waals surface area contributed by atoms with E-state index >= 15 is 0 Å². The van der Waals surface area contributed by atoms with Gasteiger partial charge in [0.05, 0.1) is 0 Å². The maximum Gasteiger partial charge on any atom is 0.254 e. The molecule has 0 aliphatic heterocycles. The van der Waals surface area contributed by atoms with Gasteiger partial charge in [-0.2, -0.15) is 0 Å². The average molecular weight is 278 g/mol. The summed E-state index contributed by atoms with van der Waals surface area (Å²) >= 11 is 5.79. The molecule has 1 amide bonds. The fourth-order valence-corrected chi connectivity index (χ4v) is 1.73. The van der Waals surface area contributed by atoms with Crippen molar-refractivity contribution in [1.29, 1.82) is 0 Å². The van der Waals surface area contributed by atoms with Gasteiger partial charge >= 0.3 is 0 Å². The quantitative estimate of drug-likeness (QED) is 0.848. The predicted octanol–water partition coefficient (Wildman–Crippen LogP) is 1.81. The first-order valence-corrected chi connectivity index (χ1v) is 6.20. The van der Waals surface area contributed by atoms with Gasteiger partial charge in [0.15, 0.2) is 18.9 Å². The molecule has 0 radical (unpaired) electrons. The molecule has 2 aromatic rings. The standard InChI is InChI=1S/C14H13ClN2O2/c15-12-3-5-13(6-4-12)19-9-8-17-7-1-2-11(10-17)14(16)18/h1-7,10H,8-9H2,(H-,16,18)/p+1. The van der Waals surface area contributed by atoms with Crippen LogP contribution in [0.25, 0.3) is 0 Å². The Labute approximate surface area is 116 Å². The number of benzene rings is 1. The number of rotatable bonds is 5. The molecule has 1 aromatic carbocycles. The van der Waals surface area contributed by atoms with Gasteiger partial charge in [-0.25, -0.2) is 4.57 Å². The van der Waals surface area contributed by atoms with Crippen LogP contribution < -0.4 is 15.0 Å². The molecule has 4 nitrogen and oxygen atoms in total. The average Bonchev–Trinajstić information content (AvgIpc) is 2.41. The number of carbonyl (C=O) groups is 1. The predicted molar refractivity (Wildman–Crippen MR) is 72.1 cm³/mol. The minimum absolute atomic E-state index is 0.437. The molecule has 0 aliphatic rings. The lowest BCUT2D eigenvalue weighted by Crippen LogP contribution is -2.37. The van der Waals surface area contributed by atoms with E-state index < -0.39 is 5.91 Å². The van der Waals surface area contributed by atoms with E-state index in [0.717, 1.165) is 5.75 Å². The van der Waals surface area contributed by atoms with E-state index in [9.17, 15) is 4.79 Å². The lowest BCUT2D eigenvalue weighted by Gasteiger charge is -2.04. The highest BCUT2D eigenvalue weighted by Gasteiger charge is 2.07. The summed E-state index contributed by atoms with van der Waals surface area (Å²) in [6.07, 6.45) is 3.56. The summed E-state index contributed by atoms with van der Waals surface area (Å²) in [4.78, 5) is 11.0. The third-order valence-corrected chi connectivity index (χ3v) is 2.83. The first-order valence-electron chi connectivity index (χ1n) is 5.82. The molecule has 0 saturated carbocycles. The highest BCUT2D eigenvalue weighted by molar-refractivity contribution is 6.30. The van der Waals surface area contributed by atoms with Crippen LogP contribution in [0.4, 0.5) is 0 Å². The van der Waals surface area contributed by atoms with Gasteiger partial charge in [0.25, 0.3) is 5.91 Å². The van der Waals surface area contributed by atoms with Crippen LogP contribution in [0, 0.1) is 0 Å². The van der Waals surface area contributed by atoms with Gasteiger partial charge in [-0.3, -0.25) is 4.79 Å². The van der Waals surface area contributed by atoms with Crippen molar-refractivity contribution < 1.29 is 14.1 Å². The van der Waals surface area contributed by atoms with E-state index in [0.29, 0.717) is 23.7 Å². The number of hydrogen-bond acceptors (Lipinski definition) is 2. The lowest BCUT2D eigenvalue weighted by molar-refractivity contribution is -0.697. The summed E-state index contributed by atoms with van der Waals surface area (Å²) < 4.78 is 7.43. The largest absolute Gasteiger partial charge is 0.487 e. The van der Waals surface area contributed by atoms with Crippen LogP contribution in [0.15, 0.2) is 48.8 Å². The number of carbonyl (C=O) groups excluding carboxylic acids is 1. The Bertz CT molecular complexity index is 570. The minimum atomic E-state index is -0.437. The first-order chi connectivity index (χ1) is 9.15. The SMILES string of the molecule is NC(=O)c1ccc[n+](CCOc2ccc(Cl)cc2)c1. The molecule has 1 heterocycles. The fourth-order valence-electron chi connectivity index (χ4n) is 1.61. The van der Waals surface area contributed by atoms with Crippen LogP contribution in [0.1, 0.15) is 10.4 Å². The Morgan fingerprint density at radius 3 is 2.68 bits per heavy atom. The van der Waals surface area contributed by atoms with Crippen molar-refractivity contribution in [2.75, 3.05) is 6.61 Å². The van der Waals surface area contributed by atoms with E-state index in [-0.39, 0.29) is 0 Å². The third kappa shape index (κ3) is 3.96. The molecule has 2 rings (SSSR count). The lowest BCUT2D eigenvalue weighted by atomic mass is 10.3. The highest BCUT2D eigenvalue weighted by atomic mass is 35.5. The normalized spacial score (nSPS) is 10.2. The number of primary amides is 1. The zero-order valence-electron chi connectivity index (χ0n) is 10.3. The second-order valence-corrected chi connectivity index (χ2v) is 4.43. The van der Waals surface area contributed by atoms with E-state index in [1.807, 2.05) is 22.9 Å². The number of aromatic nitrogens is 1. The van der Waals surface area contributed by atoms with Crippen LogP contribution in [0.2, 0.25) is 5.02 Å². The second kappa shape index (κ2) is 6.20. The second-order valence-electron chi connectivity index (χ2n) is 4.00. The molecule has 0 spiro atoms. The molecular weight excluding hydrogens is 264 g/mol. The fraction of sp³-hybridized carbons (Fsp3) is 0.143. The molecule has 0 bridgehead atoms. The summed E-state index contributed by atoms with van der Waals surface area (Å²) in [7, 11) is 0. The van der Waals surface area contributed by atoms with Crippen molar-refractivity contribution in [3.63, 3.8) is 0 Å². The number of nitrogens with two attached hydrogens (primary N) is 1. The third-order valence-electron chi connectivity index (χ3n) is 2.57. The van der Waals surface area contributed by atoms with Crippen LogP contribution in [0.5, 0.6) is 5.75 Å². The van der Waals surface area contributed by atoms with E-state index in [1.54, 1.807) is 30.5 Å². The van der Waals surface area contributed by atoms with Gasteiger partial charge in [-0.15, -0.1) is 0 Å². The van der Waals surface area contributed by atoms with E-state index in [2.05, 4.69) is 0 Å². The molecule has 19 heavy (non-hydrogen) atoms. The van der Waals surface area contributed by atoms with Gasteiger partial charge in [0, 0.05) is 11.1 Å². The number of amides is 1. The Morgan fingerprint density at radius 2 is 2.00 bits per heavy atom. The summed E-state index contributed by atoms with van der Waals surface area (Å²) in [5.41, 5.74) is 5.70. The van der Waals surface area contributed by atoms with Crippen molar-refractivity contribution in [3.8, 4) is 5.75 Å². The van der Waals surface area contributed by atoms with Gasteiger partial charge in [0.1, 0.15) is 17.9 Å². The highest BCUT2D eigenvalue weighted by Crippen LogP contribution is 2.15. The molecule has 0 unspecified atom stereocenters. The van der Waals surface area contributed by atoms with Gasteiger partial charge in [-0.1, -0.05) is 11.6 Å². The summed E-state index contributed by atoms with van der Waals surface area (Å²) in [6.45, 7) is 1.12. The van der Waals surface area contributed by atoms with Crippen LogP contribution >= 0.6 is 11.6 Å². The molecule has 1 aromatic heterocycles. The van der Waals surface area contributed by atoms with Crippen molar-refractivity contribution in [1.82, 2.24) is 0 Å². The zero-order valence-corrected chi connectivity index (χ0v) is 11.0. The molecule has 98 valence electrons. The van der Waals surface area contributed by atoms with E-state index in [1.165, 1.54) is 0 Å². The zero-order chi connectivity index (χ0) is 13.7. The Morgan fingerprint density at radius 1 is 1.26 bits per heavy atom. The number of pyridine rings is 1. The molecule has 0 atom stereocenters. The summed E-state index contributed by atoms with van der Waals surface area (Å²) in [6, 6.07) is 10.6. The Kier molecular flexibility index (Phi) is 4.36. The van der Waals surface area contributed by atoms with Gasteiger partial charge < -0.3 is 10.5 Å². The molecule has 0 saturated heterocycles. The van der Waals surface area contributed by atoms with E-state index in [4.69, 9.17) is 22.1 Å². The van der Waals surface area contributed by atoms with Gasteiger partial charge in [0.2, 0.25) is 0 Å². The molecular formula is C14H14ClN2O2+.